The Labute approximate surface area is 263 Å². The smallest absolute Gasteiger partial charge is 0.295 e. The summed E-state index contributed by atoms with van der Waals surface area (Å²) in [5.74, 6) is -0.124. The molecule has 0 saturated carbocycles. The van der Waals surface area contributed by atoms with Gasteiger partial charge in [0.1, 0.15) is 24.7 Å². The first kappa shape index (κ1) is 31.3. The molecule has 0 radical (unpaired) electrons. The van der Waals surface area contributed by atoms with Crippen molar-refractivity contribution < 1.29 is 33.6 Å². The maximum absolute atomic E-state index is 13.5. The highest BCUT2D eigenvalue weighted by molar-refractivity contribution is 6.46. The van der Waals surface area contributed by atoms with Gasteiger partial charge in [-0.25, -0.2) is 0 Å². The third kappa shape index (κ3) is 7.36. The summed E-state index contributed by atoms with van der Waals surface area (Å²) in [5, 5.41) is 11.5. The number of likely N-dealkylation sites (tertiary alicyclic amines) is 1. The Bertz CT molecular complexity index is 1650. The molecule has 4 aromatic carbocycles. The van der Waals surface area contributed by atoms with Crippen molar-refractivity contribution in [3.63, 3.8) is 0 Å². The van der Waals surface area contributed by atoms with Crippen molar-refractivity contribution in [2.75, 3.05) is 27.4 Å². The molecule has 1 atom stereocenters. The quantitative estimate of drug-likeness (QED) is 0.0790. The first-order chi connectivity index (χ1) is 21.9. The van der Waals surface area contributed by atoms with E-state index in [4.69, 9.17) is 18.9 Å². The highest BCUT2D eigenvalue weighted by Gasteiger charge is 2.46. The molecule has 0 aromatic heterocycles. The third-order valence-corrected chi connectivity index (χ3v) is 7.68. The molecule has 232 valence electrons. The van der Waals surface area contributed by atoms with E-state index in [0.717, 1.165) is 11.1 Å². The predicted octanol–water partition coefficient (Wildman–Crippen LogP) is 6.62. The number of ketones is 1. The van der Waals surface area contributed by atoms with Crippen molar-refractivity contribution in [1.29, 1.82) is 0 Å². The van der Waals surface area contributed by atoms with Gasteiger partial charge in [0.15, 0.2) is 11.5 Å². The Morgan fingerprint density at radius 2 is 1.49 bits per heavy atom. The number of Topliss-reactive ketones (excluding diaryl/α,β-unsaturated/α-hetero) is 1. The van der Waals surface area contributed by atoms with Crippen molar-refractivity contribution >= 4 is 17.4 Å². The van der Waals surface area contributed by atoms with Crippen LogP contribution in [0.2, 0.25) is 0 Å². The first-order valence-electron chi connectivity index (χ1n) is 14.8. The fourth-order valence-electron chi connectivity index (χ4n) is 5.26. The molecule has 0 aliphatic carbocycles. The van der Waals surface area contributed by atoms with Crippen molar-refractivity contribution in [3.05, 3.63) is 130 Å². The number of aliphatic hydroxyl groups excluding tert-OH is 1. The molecule has 45 heavy (non-hydrogen) atoms. The van der Waals surface area contributed by atoms with Crippen LogP contribution in [0.4, 0.5) is 0 Å². The van der Waals surface area contributed by atoms with Gasteiger partial charge in [0.05, 0.1) is 18.7 Å². The van der Waals surface area contributed by atoms with Gasteiger partial charge < -0.3 is 29.0 Å². The van der Waals surface area contributed by atoms with E-state index in [9.17, 15) is 14.7 Å². The van der Waals surface area contributed by atoms with Gasteiger partial charge in [-0.1, -0.05) is 66.2 Å². The fourth-order valence-corrected chi connectivity index (χ4v) is 5.26. The lowest BCUT2D eigenvalue weighted by Gasteiger charge is -2.26. The molecule has 8 heteroatoms. The number of aryl methyl sites for hydroxylation is 1. The lowest BCUT2D eigenvalue weighted by Crippen LogP contribution is -2.31. The second kappa shape index (κ2) is 14.6. The van der Waals surface area contributed by atoms with E-state index >= 15 is 0 Å². The number of carbonyl (C=O) groups is 2. The lowest BCUT2D eigenvalue weighted by molar-refractivity contribution is -0.140. The molecule has 1 unspecified atom stereocenters. The van der Waals surface area contributed by atoms with E-state index in [-0.39, 0.29) is 17.9 Å². The standard InChI is InChI=1S/C37H37NO7/c1-25-10-12-27(13-11-25)23-44-30-17-14-28(15-18-30)35(39)33-34(38(20-7-21-42-2)37(41)36(33)40)29-16-19-31(32(22-29)43-3)45-24-26-8-5-4-6-9-26/h4-6,8-19,22,34,39H,7,20-21,23-24H2,1-3H3. The molecule has 1 N–H and O–H groups in total. The Morgan fingerprint density at radius 1 is 0.800 bits per heavy atom. The van der Waals surface area contributed by atoms with Crippen LogP contribution in [0.1, 0.15) is 40.3 Å². The molecular formula is C37H37NO7. The van der Waals surface area contributed by atoms with Gasteiger partial charge in [-0.05, 0) is 66.4 Å². The number of aliphatic hydroxyl groups is 1. The van der Waals surface area contributed by atoms with Crippen LogP contribution in [0.15, 0.2) is 103 Å². The molecule has 1 saturated heterocycles. The second-order valence-corrected chi connectivity index (χ2v) is 10.8. The zero-order chi connectivity index (χ0) is 31.8. The molecule has 1 heterocycles. The van der Waals surface area contributed by atoms with E-state index < -0.39 is 17.7 Å². The van der Waals surface area contributed by atoms with Crippen LogP contribution >= 0.6 is 0 Å². The van der Waals surface area contributed by atoms with Crippen LogP contribution in [0, 0.1) is 6.92 Å². The van der Waals surface area contributed by atoms with Gasteiger partial charge in [0, 0.05) is 25.8 Å². The normalized spacial score (nSPS) is 15.7. The van der Waals surface area contributed by atoms with Gasteiger partial charge in [0.25, 0.3) is 11.7 Å². The zero-order valence-electron chi connectivity index (χ0n) is 25.7. The molecule has 1 fully saturated rings. The van der Waals surface area contributed by atoms with E-state index in [1.165, 1.54) is 17.6 Å². The summed E-state index contributed by atoms with van der Waals surface area (Å²) in [4.78, 5) is 28.3. The molecule has 0 spiro atoms. The maximum atomic E-state index is 13.5. The molecule has 5 rings (SSSR count). The van der Waals surface area contributed by atoms with Gasteiger partial charge in [-0.2, -0.15) is 0 Å². The summed E-state index contributed by atoms with van der Waals surface area (Å²) in [7, 11) is 3.12. The zero-order valence-corrected chi connectivity index (χ0v) is 25.7. The average molecular weight is 608 g/mol. The molecule has 1 aliphatic rings. The molecular weight excluding hydrogens is 570 g/mol. The van der Waals surface area contributed by atoms with Crippen LogP contribution in [0.3, 0.4) is 0 Å². The molecule has 0 bridgehead atoms. The minimum Gasteiger partial charge on any atom is -0.507 e. The number of rotatable bonds is 13. The summed E-state index contributed by atoms with van der Waals surface area (Å²) < 4.78 is 22.8. The van der Waals surface area contributed by atoms with Crippen LogP contribution in [0.5, 0.6) is 17.2 Å². The third-order valence-electron chi connectivity index (χ3n) is 7.68. The van der Waals surface area contributed by atoms with E-state index in [0.29, 0.717) is 54.6 Å². The number of ether oxygens (including phenoxy) is 4. The Hall–Kier alpha value is -5.08. The monoisotopic (exact) mass is 607 g/mol. The van der Waals surface area contributed by atoms with Crippen molar-refractivity contribution in [2.24, 2.45) is 0 Å². The van der Waals surface area contributed by atoms with Gasteiger partial charge in [-0.15, -0.1) is 0 Å². The molecule has 4 aromatic rings. The summed E-state index contributed by atoms with van der Waals surface area (Å²) in [6.45, 7) is 3.45. The fraction of sp³-hybridized carbons (Fsp3) is 0.243. The summed E-state index contributed by atoms with van der Waals surface area (Å²) >= 11 is 0. The van der Waals surface area contributed by atoms with Crippen LogP contribution in [-0.2, 0) is 27.5 Å². The number of nitrogens with zero attached hydrogens (tertiary/aromatic N) is 1. The van der Waals surface area contributed by atoms with Crippen LogP contribution < -0.4 is 14.2 Å². The highest BCUT2D eigenvalue weighted by atomic mass is 16.5. The number of methoxy groups -OCH3 is 2. The van der Waals surface area contributed by atoms with Gasteiger partial charge in [-0.3, -0.25) is 9.59 Å². The number of hydrogen-bond donors (Lipinski definition) is 1. The molecule has 1 aliphatic heterocycles. The lowest BCUT2D eigenvalue weighted by atomic mass is 9.95. The van der Waals surface area contributed by atoms with Crippen LogP contribution in [-0.4, -0.2) is 49.1 Å². The number of carbonyl (C=O) groups excluding carboxylic acids is 2. The van der Waals surface area contributed by atoms with Crippen molar-refractivity contribution in [2.45, 2.75) is 32.6 Å². The van der Waals surface area contributed by atoms with Crippen LogP contribution in [0.25, 0.3) is 5.76 Å². The largest absolute Gasteiger partial charge is 0.507 e. The minimum absolute atomic E-state index is 0.00532. The van der Waals surface area contributed by atoms with E-state index in [1.807, 2.05) is 61.5 Å². The maximum Gasteiger partial charge on any atom is 0.295 e. The summed E-state index contributed by atoms with van der Waals surface area (Å²) in [6, 6.07) is 29.1. The molecule has 1 amide bonds. The van der Waals surface area contributed by atoms with E-state index in [2.05, 4.69) is 0 Å². The summed E-state index contributed by atoms with van der Waals surface area (Å²) in [5.41, 5.74) is 4.22. The highest BCUT2D eigenvalue weighted by Crippen LogP contribution is 2.42. The van der Waals surface area contributed by atoms with Gasteiger partial charge in [0.2, 0.25) is 0 Å². The number of amides is 1. The van der Waals surface area contributed by atoms with Crippen molar-refractivity contribution in [3.8, 4) is 17.2 Å². The topological polar surface area (TPSA) is 94.5 Å². The van der Waals surface area contributed by atoms with E-state index in [1.54, 1.807) is 49.6 Å². The Kier molecular flexibility index (Phi) is 10.2. The Balaban J connectivity index is 1.44. The first-order valence-corrected chi connectivity index (χ1v) is 14.8. The SMILES string of the molecule is COCCCN1C(=O)C(=O)C(=C(O)c2ccc(OCc3ccc(C)cc3)cc2)C1c1ccc(OCc2ccccc2)c(OC)c1. The average Bonchev–Trinajstić information content (AvgIpc) is 3.32. The number of hydrogen-bond acceptors (Lipinski definition) is 7. The predicted molar refractivity (Wildman–Crippen MR) is 171 cm³/mol. The second-order valence-electron chi connectivity index (χ2n) is 10.8. The summed E-state index contributed by atoms with van der Waals surface area (Å²) in [6.07, 6.45) is 0.516. The molecule has 8 nitrogen and oxygen atoms in total. The minimum atomic E-state index is -0.837. The van der Waals surface area contributed by atoms with Gasteiger partial charge >= 0.3 is 0 Å². The number of benzene rings is 4. The Morgan fingerprint density at radius 3 is 2.18 bits per heavy atom. The van der Waals surface area contributed by atoms with Crippen molar-refractivity contribution in [1.82, 2.24) is 4.90 Å².